The summed E-state index contributed by atoms with van der Waals surface area (Å²) in [5.74, 6) is -0.502. The molecule has 0 bridgehead atoms. The average molecular weight is 202 g/mol. The Kier molecular flexibility index (Phi) is 3.66. The molecular formula is C7H10N2O3S. The number of nitrogens with one attached hydrogen (secondary N) is 1. The zero-order valence-electron chi connectivity index (χ0n) is 7.06. The molecule has 2 N–H and O–H groups in total. The van der Waals surface area contributed by atoms with Gasteiger partial charge in [-0.1, -0.05) is 0 Å². The Hall–Kier alpha value is -1.14. The van der Waals surface area contributed by atoms with Crippen LogP contribution in [-0.4, -0.2) is 35.8 Å². The topological polar surface area (TPSA) is 71.5 Å². The Morgan fingerprint density at radius 2 is 2.69 bits per heavy atom. The number of esters is 1. The van der Waals surface area contributed by atoms with Gasteiger partial charge in [0.2, 0.25) is 0 Å². The fraction of sp³-hybridized carbons (Fsp3) is 0.429. The van der Waals surface area contributed by atoms with Crippen LogP contribution in [0.2, 0.25) is 0 Å². The second kappa shape index (κ2) is 4.78. The molecule has 0 aliphatic carbocycles. The molecule has 0 aromatic carbocycles. The molecule has 0 saturated carbocycles. The van der Waals surface area contributed by atoms with E-state index in [1.54, 1.807) is 11.6 Å². The largest absolute Gasteiger partial charge is 0.467 e. The van der Waals surface area contributed by atoms with E-state index >= 15 is 0 Å². The number of ether oxygens (including phenoxy) is 1. The van der Waals surface area contributed by atoms with Crippen LogP contribution in [0.25, 0.3) is 0 Å². The van der Waals surface area contributed by atoms with Gasteiger partial charge in [0.15, 0.2) is 5.13 Å². The fourth-order valence-electron chi connectivity index (χ4n) is 0.765. The van der Waals surface area contributed by atoms with Gasteiger partial charge in [-0.3, -0.25) is 0 Å². The molecule has 13 heavy (non-hydrogen) atoms. The predicted octanol–water partition coefficient (Wildman–Crippen LogP) is 0.0889. The zero-order valence-corrected chi connectivity index (χ0v) is 7.87. The van der Waals surface area contributed by atoms with Gasteiger partial charge in [0.1, 0.15) is 6.04 Å². The van der Waals surface area contributed by atoms with Crippen LogP contribution in [0, 0.1) is 0 Å². The van der Waals surface area contributed by atoms with Gasteiger partial charge in [-0.2, -0.15) is 0 Å². The summed E-state index contributed by atoms with van der Waals surface area (Å²) in [4.78, 5) is 14.9. The lowest BCUT2D eigenvalue weighted by Crippen LogP contribution is -2.33. The Morgan fingerprint density at radius 3 is 3.15 bits per heavy atom. The molecule has 5 nitrogen and oxygen atoms in total. The summed E-state index contributed by atoms with van der Waals surface area (Å²) in [6, 6.07) is -0.740. The summed E-state index contributed by atoms with van der Waals surface area (Å²) in [7, 11) is 1.27. The molecular weight excluding hydrogens is 192 g/mol. The molecule has 6 heteroatoms. The highest BCUT2D eigenvalue weighted by atomic mass is 32.1. The van der Waals surface area contributed by atoms with E-state index in [0.717, 1.165) is 0 Å². The molecule has 0 fully saturated rings. The third kappa shape index (κ3) is 2.67. The highest BCUT2D eigenvalue weighted by Crippen LogP contribution is 2.11. The first-order valence-electron chi connectivity index (χ1n) is 3.62. The molecule has 1 aromatic rings. The molecule has 0 radical (unpaired) electrons. The van der Waals surface area contributed by atoms with Crippen LogP contribution >= 0.6 is 11.3 Å². The van der Waals surface area contributed by atoms with Gasteiger partial charge in [-0.05, 0) is 0 Å². The van der Waals surface area contributed by atoms with E-state index in [-0.39, 0.29) is 6.61 Å². The first kappa shape index (κ1) is 9.94. The number of aromatic nitrogens is 1. The van der Waals surface area contributed by atoms with E-state index in [1.807, 2.05) is 0 Å². The average Bonchev–Trinajstić information content (AvgIpc) is 2.65. The standard InChI is InChI=1S/C7H10N2O3S/c1-12-6(11)5(4-10)9-7-8-2-3-13-7/h2-3,5,10H,4H2,1H3,(H,8,9). The maximum absolute atomic E-state index is 11.0. The fourth-order valence-corrected chi connectivity index (χ4v) is 1.35. The third-order valence-corrected chi connectivity index (χ3v) is 2.10. The van der Waals surface area contributed by atoms with E-state index in [0.29, 0.717) is 5.13 Å². The third-order valence-electron chi connectivity index (χ3n) is 1.40. The van der Waals surface area contributed by atoms with Gasteiger partial charge >= 0.3 is 5.97 Å². The molecule has 1 rings (SSSR count). The van der Waals surface area contributed by atoms with Gasteiger partial charge in [0.25, 0.3) is 0 Å². The van der Waals surface area contributed by atoms with Crippen molar-refractivity contribution in [3.8, 4) is 0 Å². The van der Waals surface area contributed by atoms with E-state index in [4.69, 9.17) is 5.11 Å². The summed E-state index contributed by atoms with van der Waals surface area (Å²) >= 11 is 1.35. The van der Waals surface area contributed by atoms with Crippen molar-refractivity contribution in [1.82, 2.24) is 4.98 Å². The maximum Gasteiger partial charge on any atom is 0.330 e. The lowest BCUT2D eigenvalue weighted by molar-refractivity contribution is -0.142. The van der Waals surface area contributed by atoms with Crippen molar-refractivity contribution in [3.05, 3.63) is 11.6 Å². The van der Waals surface area contributed by atoms with Crippen LogP contribution in [0.4, 0.5) is 5.13 Å². The van der Waals surface area contributed by atoms with Crippen molar-refractivity contribution in [3.63, 3.8) is 0 Å². The van der Waals surface area contributed by atoms with Crippen LogP contribution in [-0.2, 0) is 9.53 Å². The number of carbonyl (C=O) groups excluding carboxylic acids is 1. The van der Waals surface area contributed by atoms with Gasteiger partial charge in [0, 0.05) is 11.6 Å². The highest BCUT2D eigenvalue weighted by molar-refractivity contribution is 7.13. The summed E-state index contributed by atoms with van der Waals surface area (Å²) in [6.07, 6.45) is 1.61. The van der Waals surface area contributed by atoms with Gasteiger partial charge < -0.3 is 15.2 Å². The number of hydrogen-bond donors (Lipinski definition) is 2. The first-order valence-corrected chi connectivity index (χ1v) is 4.50. The molecule has 0 amide bonds. The van der Waals surface area contributed by atoms with Crippen molar-refractivity contribution in [2.75, 3.05) is 19.0 Å². The molecule has 0 saturated heterocycles. The number of thiazole rings is 1. The van der Waals surface area contributed by atoms with Gasteiger partial charge in [-0.25, -0.2) is 9.78 Å². The molecule has 0 spiro atoms. The molecule has 1 unspecified atom stereocenters. The van der Waals surface area contributed by atoms with Crippen molar-refractivity contribution in [2.45, 2.75) is 6.04 Å². The number of aliphatic hydroxyl groups excluding tert-OH is 1. The molecule has 1 atom stereocenters. The van der Waals surface area contributed by atoms with Crippen molar-refractivity contribution in [2.24, 2.45) is 0 Å². The first-order chi connectivity index (χ1) is 6.27. The molecule has 0 aliphatic heterocycles. The van der Waals surface area contributed by atoms with Crippen LogP contribution in [0.1, 0.15) is 0 Å². The van der Waals surface area contributed by atoms with E-state index in [1.165, 1.54) is 18.4 Å². The number of hydrogen-bond acceptors (Lipinski definition) is 6. The van der Waals surface area contributed by atoms with E-state index < -0.39 is 12.0 Å². The van der Waals surface area contributed by atoms with Crippen molar-refractivity contribution in [1.29, 1.82) is 0 Å². The Balaban J connectivity index is 2.54. The number of nitrogens with zero attached hydrogens (tertiary/aromatic N) is 1. The van der Waals surface area contributed by atoms with Crippen LogP contribution < -0.4 is 5.32 Å². The molecule has 72 valence electrons. The lowest BCUT2D eigenvalue weighted by Gasteiger charge is -2.11. The quantitative estimate of drug-likeness (QED) is 0.677. The maximum atomic E-state index is 11.0. The monoisotopic (exact) mass is 202 g/mol. The number of carbonyl (C=O) groups is 1. The number of aliphatic hydroxyl groups is 1. The van der Waals surface area contributed by atoms with E-state index in [2.05, 4.69) is 15.0 Å². The highest BCUT2D eigenvalue weighted by Gasteiger charge is 2.18. The van der Waals surface area contributed by atoms with E-state index in [9.17, 15) is 4.79 Å². The summed E-state index contributed by atoms with van der Waals surface area (Å²) in [5.41, 5.74) is 0. The molecule has 1 aromatic heterocycles. The number of methoxy groups -OCH3 is 1. The minimum Gasteiger partial charge on any atom is -0.467 e. The smallest absolute Gasteiger partial charge is 0.330 e. The Morgan fingerprint density at radius 1 is 1.92 bits per heavy atom. The summed E-state index contributed by atoms with van der Waals surface area (Å²) in [5, 5.41) is 13.9. The van der Waals surface area contributed by atoms with Crippen molar-refractivity contribution < 1.29 is 14.6 Å². The number of rotatable bonds is 4. The van der Waals surface area contributed by atoms with Crippen LogP contribution in [0.5, 0.6) is 0 Å². The summed E-state index contributed by atoms with van der Waals surface area (Å²) in [6.45, 7) is -0.313. The van der Waals surface area contributed by atoms with Gasteiger partial charge in [0.05, 0.1) is 13.7 Å². The van der Waals surface area contributed by atoms with Gasteiger partial charge in [-0.15, -0.1) is 11.3 Å². The van der Waals surface area contributed by atoms with Crippen molar-refractivity contribution >= 4 is 22.4 Å². The lowest BCUT2D eigenvalue weighted by atomic mass is 10.3. The summed E-state index contributed by atoms with van der Waals surface area (Å²) < 4.78 is 4.47. The van der Waals surface area contributed by atoms with Crippen LogP contribution in [0.15, 0.2) is 11.6 Å². The molecule has 0 aliphatic rings. The van der Waals surface area contributed by atoms with Crippen LogP contribution in [0.3, 0.4) is 0 Å². The second-order valence-electron chi connectivity index (χ2n) is 2.24. The normalized spacial score (nSPS) is 12.2. The second-order valence-corrected chi connectivity index (χ2v) is 3.13. The Bertz CT molecular complexity index is 263. The minimum absolute atomic E-state index is 0.313. The minimum atomic E-state index is -0.740. The molecule has 1 heterocycles. The SMILES string of the molecule is COC(=O)C(CO)Nc1nccs1. The predicted molar refractivity (Wildman–Crippen MR) is 48.6 cm³/mol. The number of anilines is 1. The Labute approximate surface area is 79.4 Å². The zero-order chi connectivity index (χ0) is 9.68.